The van der Waals surface area contributed by atoms with Gasteiger partial charge in [0.1, 0.15) is 0 Å². The lowest BCUT2D eigenvalue weighted by molar-refractivity contribution is -0.186. The molecule has 3 rings (SSSR count). The molecule has 4 heteroatoms. The van der Waals surface area contributed by atoms with E-state index in [1.54, 1.807) is 6.92 Å². The molecule has 0 amide bonds. The molecule has 0 saturated heterocycles. The summed E-state index contributed by atoms with van der Waals surface area (Å²) in [6, 6.07) is 7.65. The number of carbonyl (C=O) groups is 2. The standard InChI is InChI=1S/C18H22O4/c1-11-5-3-4-6-15(11)12(2)16(19)22-18(17(20)21)10-13-7-8-14(18)9-13/h3-6,12-14H,7-10H2,1-2H3,(H,20,21). The zero-order chi connectivity index (χ0) is 15.9. The smallest absolute Gasteiger partial charge is 0.348 e. The molecule has 1 aromatic rings. The molecule has 0 radical (unpaired) electrons. The van der Waals surface area contributed by atoms with Crippen molar-refractivity contribution in [1.82, 2.24) is 0 Å². The number of aliphatic carboxylic acids is 1. The molecule has 2 saturated carbocycles. The van der Waals surface area contributed by atoms with E-state index in [0.717, 1.165) is 30.4 Å². The van der Waals surface area contributed by atoms with E-state index in [1.165, 1.54) is 0 Å². The van der Waals surface area contributed by atoms with Crippen LogP contribution in [-0.4, -0.2) is 22.6 Å². The van der Waals surface area contributed by atoms with E-state index >= 15 is 0 Å². The lowest BCUT2D eigenvalue weighted by atomic mass is 9.83. The van der Waals surface area contributed by atoms with Crippen molar-refractivity contribution < 1.29 is 19.4 Å². The van der Waals surface area contributed by atoms with Gasteiger partial charge in [0.05, 0.1) is 5.92 Å². The maximum Gasteiger partial charge on any atom is 0.348 e. The Kier molecular flexibility index (Phi) is 3.71. The van der Waals surface area contributed by atoms with Crippen LogP contribution >= 0.6 is 0 Å². The topological polar surface area (TPSA) is 63.6 Å². The molecule has 2 fully saturated rings. The first-order valence-corrected chi connectivity index (χ1v) is 7.96. The van der Waals surface area contributed by atoms with Crippen LogP contribution in [-0.2, 0) is 14.3 Å². The summed E-state index contributed by atoms with van der Waals surface area (Å²) < 4.78 is 5.63. The molecule has 4 unspecified atom stereocenters. The third-order valence-electron chi connectivity index (χ3n) is 5.45. The van der Waals surface area contributed by atoms with E-state index in [-0.39, 0.29) is 5.92 Å². The second kappa shape index (κ2) is 5.41. The average molecular weight is 302 g/mol. The Hall–Kier alpha value is -1.84. The van der Waals surface area contributed by atoms with Crippen molar-refractivity contribution in [3.8, 4) is 0 Å². The highest BCUT2D eigenvalue weighted by molar-refractivity contribution is 5.85. The Morgan fingerprint density at radius 1 is 1.32 bits per heavy atom. The number of hydrogen-bond acceptors (Lipinski definition) is 3. The van der Waals surface area contributed by atoms with Gasteiger partial charge in [0.25, 0.3) is 0 Å². The van der Waals surface area contributed by atoms with Crippen LogP contribution in [0.15, 0.2) is 24.3 Å². The summed E-state index contributed by atoms with van der Waals surface area (Å²) in [5.74, 6) is -1.49. The van der Waals surface area contributed by atoms with Gasteiger partial charge in [0, 0.05) is 12.3 Å². The predicted molar refractivity (Wildman–Crippen MR) is 81.5 cm³/mol. The number of carboxylic acid groups (broad SMARTS) is 1. The number of carboxylic acids is 1. The van der Waals surface area contributed by atoms with E-state index in [0.29, 0.717) is 12.3 Å². The van der Waals surface area contributed by atoms with Crippen LogP contribution < -0.4 is 0 Å². The first-order chi connectivity index (χ1) is 10.4. The molecule has 0 aliphatic heterocycles. The first kappa shape index (κ1) is 15.1. The number of benzene rings is 1. The van der Waals surface area contributed by atoms with E-state index in [2.05, 4.69) is 0 Å². The van der Waals surface area contributed by atoms with Crippen molar-refractivity contribution in [3.05, 3.63) is 35.4 Å². The minimum atomic E-state index is -1.29. The van der Waals surface area contributed by atoms with Crippen LogP contribution in [0.4, 0.5) is 0 Å². The Morgan fingerprint density at radius 3 is 2.59 bits per heavy atom. The molecule has 1 aromatic carbocycles. The van der Waals surface area contributed by atoms with Gasteiger partial charge in [-0.05, 0) is 50.2 Å². The Labute approximate surface area is 130 Å². The fourth-order valence-electron chi connectivity index (χ4n) is 4.18. The summed E-state index contributed by atoms with van der Waals surface area (Å²) in [6.45, 7) is 3.73. The molecule has 0 heterocycles. The van der Waals surface area contributed by atoms with Crippen LogP contribution in [0.5, 0.6) is 0 Å². The fraction of sp³-hybridized carbons (Fsp3) is 0.556. The molecule has 0 spiro atoms. The van der Waals surface area contributed by atoms with Crippen molar-refractivity contribution in [2.45, 2.75) is 51.0 Å². The van der Waals surface area contributed by atoms with Gasteiger partial charge in [-0.2, -0.15) is 0 Å². The zero-order valence-corrected chi connectivity index (χ0v) is 13.0. The van der Waals surface area contributed by atoms with E-state index < -0.39 is 23.5 Å². The number of rotatable bonds is 4. The molecule has 4 nitrogen and oxygen atoms in total. The number of esters is 1. The van der Waals surface area contributed by atoms with Gasteiger partial charge in [-0.1, -0.05) is 24.3 Å². The van der Waals surface area contributed by atoms with E-state index in [4.69, 9.17) is 4.74 Å². The van der Waals surface area contributed by atoms with Gasteiger partial charge >= 0.3 is 11.9 Å². The van der Waals surface area contributed by atoms with Gasteiger partial charge in [0.15, 0.2) is 0 Å². The third kappa shape index (κ3) is 2.31. The quantitative estimate of drug-likeness (QED) is 0.867. The van der Waals surface area contributed by atoms with Crippen LogP contribution in [0, 0.1) is 18.8 Å². The number of fused-ring (bicyclic) bond motifs is 2. The molecule has 0 aromatic heterocycles. The van der Waals surface area contributed by atoms with Gasteiger partial charge < -0.3 is 9.84 Å². The fourth-order valence-corrected chi connectivity index (χ4v) is 4.18. The predicted octanol–water partition coefficient (Wildman–Crippen LogP) is 3.29. The highest BCUT2D eigenvalue weighted by atomic mass is 16.6. The highest BCUT2D eigenvalue weighted by Gasteiger charge is 2.59. The maximum atomic E-state index is 12.6. The molecule has 2 bridgehead atoms. The first-order valence-electron chi connectivity index (χ1n) is 7.96. The minimum Gasteiger partial charge on any atom is -0.478 e. The second-order valence-electron chi connectivity index (χ2n) is 6.77. The number of carbonyl (C=O) groups excluding carboxylic acids is 1. The van der Waals surface area contributed by atoms with Crippen molar-refractivity contribution in [1.29, 1.82) is 0 Å². The number of aryl methyl sites for hydroxylation is 1. The van der Waals surface area contributed by atoms with Gasteiger partial charge in [0.2, 0.25) is 5.60 Å². The summed E-state index contributed by atoms with van der Waals surface area (Å²) in [7, 11) is 0. The molecule has 22 heavy (non-hydrogen) atoms. The Bertz CT molecular complexity index is 609. The molecular formula is C18H22O4. The lowest BCUT2D eigenvalue weighted by Crippen LogP contribution is -2.48. The average Bonchev–Trinajstić information content (AvgIpc) is 3.08. The van der Waals surface area contributed by atoms with Crippen molar-refractivity contribution >= 4 is 11.9 Å². The molecule has 2 aliphatic carbocycles. The van der Waals surface area contributed by atoms with Gasteiger partial charge in [-0.25, -0.2) is 4.79 Å². The Morgan fingerprint density at radius 2 is 2.05 bits per heavy atom. The number of hydrogen-bond donors (Lipinski definition) is 1. The number of ether oxygens (including phenoxy) is 1. The van der Waals surface area contributed by atoms with Crippen molar-refractivity contribution in [3.63, 3.8) is 0 Å². The summed E-state index contributed by atoms with van der Waals surface area (Å²) in [6.07, 6.45) is 3.26. The van der Waals surface area contributed by atoms with Crippen LogP contribution in [0.3, 0.4) is 0 Å². The molecule has 118 valence electrons. The summed E-state index contributed by atoms with van der Waals surface area (Å²) in [5, 5.41) is 9.66. The largest absolute Gasteiger partial charge is 0.478 e. The van der Waals surface area contributed by atoms with Gasteiger partial charge in [-0.3, -0.25) is 4.79 Å². The van der Waals surface area contributed by atoms with Crippen LogP contribution in [0.25, 0.3) is 0 Å². The second-order valence-corrected chi connectivity index (χ2v) is 6.77. The minimum absolute atomic E-state index is 0.0250. The highest BCUT2D eigenvalue weighted by Crippen LogP contribution is 2.53. The summed E-state index contributed by atoms with van der Waals surface area (Å²) in [4.78, 5) is 24.3. The van der Waals surface area contributed by atoms with E-state index in [9.17, 15) is 14.7 Å². The van der Waals surface area contributed by atoms with Crippen molar-refractivity contribution in [2.24, 2.45) is 11.8 Å². The maximum absolute atomic E-state index is 12.6. The molecular weight excluding hydrogens is 280 g/mol. The van der Waals surface area contributed by atoms with Crippen molar-refractivity contribution in [2.75, 3.05) is 0 Å². The summed E-state index contributed by atoms with van der Waals surface area (Å²) >= 11 is 0. The Balaban J connectivity index is 1.81. The summed E-state index contributed by atoms with van der Waals surface area (Å²) in [5.41, 5.74) is 0.622. The van der Waals surface area contributed by atoms with Gasteiger partial charge in [-0.15, -0.1) is 0 Å². The lowest BCUT2D eigenvalue weighted by Gasteiger charge is -2.34. The van der Waals surface area contributed by atoms with E-state index in [1.807, 2.05) is 31.2 Å². The monoisotopic (exact) mass is 302 g/mol. The molecule has 4 atom stereocenters. The normalized spacial score (nSPS) is 31.0. The third-order valence-corrected chi connectivity index (χ3v) is 5.45. The molecule has 1 N–H and O–H groups in total. The molecule has 2 aliphatic rings. The zero-order valence-electron chi connectivity index (χ0n) is 13.0. The van der Waals surface area contributed by atoms with Crippen LogP contribution in [0.2, 0.25) is 0 Å². The van der Waals surface area contributed by atoms with Crippen LogP contribution in [0.1, 0.15) is 49.7 Å². The SMILES string of the molecule is Cc1ccccc1C(C)C(=O)OC1(C(=O)O)CC2CCC1C2.